The minimum atomic E-state index is 0.640. The van der Waals surface area contributed by atoms with Gasteiger partial charge in [0.2, 0.25) is 0 Å². The number of benzene rings is 1. The number of aryl methyl sites for hydroxylation is 1. The van der Waals surface area contributed by atoms with E-state index in [2.05, 4.69) is 18.0 Å². The summed E-state index contributed by atoms with van der Waals surface area (Å²) in [5.74, 6) is 1.01. The van der Waals surface area contributed by atoms with Crippen molar-refractivity contribution in [2.45, 2.75) is 19.8 Å². The third-order valence-corrected chi connectivity index (χ3v) is 3.04. The lowest BCUT2D eigenvalue weighted by atomic mass is 10.1. The highest BCUT2D eigenvalue weighted by atomic mass is 35.5. The Morgan fingerprint density at radius 3 is 2.88 bits per heavy atom. The molecule has 1 aromatic carbocycles. The van der Waals surface area contributed by atoms with E-state index in [0.29, 0.717) is 6.54 Å². The minimum Gasteiger partial charge on any atom is -0.330 e. The molecule has 2 rings (SSSR count). The van der Waals surface area contributed by atoms with Crippen LogP contribution in [0.4, 0.5) is 0 Å². The molecule has 0 unspecified atom stereocenters. The maximum absolute atomic E-state index is 6.30. The molecule has 0 aliphatic rings. The Bertz CT molecular complexity index is 505. The average molecular weight is 250 g/mol. The molecule has 90 valence electrons. The van der Waals surface area contributed by atoms with Gasteiger partial charge in [0.05, 0.1) is 10.7 Å². The molecule has 0 bridgehead atoms. The van der Waals surface area contributed by atoms with Crippen LogP contribution in [-0.2, 0) is 12.8 Å². The largest absolute Gasteiger partial charge is 0.330 e. The predicted octanol–water partition coefficient (Wildman–Crippen LogP) is 2.59. The molecular formula is C13H16ClN3. The maximum atomic E-state index is 6.30. The van der Waals surface area contributed by atoms with Crippen LogP contribution < -0.4 is 5.73 Å². The summed E-state index contributed by atoms with van der Waals surface area (Å²) in [6.07, 6.45) is 5.46. The van der Waals surface area contributed by atoms with Crippen LogP contribution in [0.3, 0.4) is 0 Å². The van der Waals surface area contributed by atoms with Gasteiger partial charge in [0.15, 0.2) is 0 Å². The molecule has 0 fully saturated rings. The van der Waals surface area contributed by atoms with Gasteiger partial charge in [-0.15, -0.1) is 0 Å². The first-order chi connectivity index (χ1) is 8.26. The molecule has 0 aliphatic carbocycles. The van der Waals surface area contributed by atoms with Gasteiger partial charge in [0.1, 0.15) is 5.82 Å². The molecule has 0 spiro atoms. The Hall–Kier alpha value is -1.32. The Labute approximate surface area is 106 Å². The summed E-state index contributed by atoms with van der Waals surface area (Å²) >= 11 is 6.30. The lowest BCUT2D eigenvalue weighted by Crippen LogP contribution is -2.04. The lowest BCUT2D eigenvalue weighted by molar-refractivity contribution is 0.889. The predicted molar refractivity (Wildman–Crippen MR) is 70.7 cm³/mol. The summed E-state index contributed by atoms with van der Waals surface area (Å²) in [5.41, 5.74) is 7.67. The Kier molecular flexibility index (Phi) is 3.82. The van der Waals surface area contributed by atoms with Crippen LogP contribution in [0.5, 0.6) is 0 Å². The van der Waals surface area contributed by atoms with Crippen molar-refractivity contribution in [3.8, 4) is 5.69 Å². The molecule has 3 nitrogen and oxygen atoms in total. The summed E-state index contributed by atoms with van der Waals surface area (Å²) in [6, 6.07) is 6.06. The molecule has 2 N–H and O–H groups in total. The molecule has 4 heteroatoms. The van der Waals surface area contributed by atoms with E-state index in [1.165, 1.54) is 5.56 Å². The average Bonchev–Trinajstić information content (AvgIpc) is 2.77. The third kappa shape index (κ3) is 2.51. The Balaban J connectivity index is 2.39. The van der Waals surface area contributed by atoms with Gasteiger partial charge in [-0.05, 0) is 30.7 Å². The third-order valence-electron chi connectivity index (χ3n) is 2.74. The molecular weight excluding hydrogens is 234 g/mol. The van der Waals surface area contributed by atoms with E-state index in [1.54, 1.807) is 6.20 Å². The Morgan fingerprint density at radius 2 is 2.24 bits per heavy atom. The monoisotopic (exact) mass is 249 g/mol. The van der Waals surface area contributed by atoms with E-state index in [0.717, 1.165) is 29.4 Å². The number of nitrogens with two attached hydrogens (primary N) is 1. The van der Waals surface area contributed by atoms with Gasteiger partial charge in [0, 0.05) is 18.8 Å². The van der Waals surface area contributed by atoms with Gasteiger partial charge in [-0.25, -0.2) is 4.98 Å². The van der Waals surface area contributed by atoms with Gasteiger partial charge in [-0.2, -0.15) is 0 Å². The van der Waals surface area contributed by atoms with Crippen LogP contribution in [0, 0.1) is 0 Å². The number of hydrogen-bond acceptors (Lipinski definition) is 2. The zero-order chi connectivity index (χ0) is 12.3. The van der Waals surface area contributed by atoms with Crippen LogP contribution in [0.15, 0.2) is 30.6 Å². The topological polar surface area (TPSA) is 43.8 Å². The van der Waals surface area contributed by atoms with Crippen molar-refractivity contribution in [3.63, 3.8) is 0 Å². The standard InChI is InChI=1S/C13H16ClN3/c1-2-13-16-7-8-17(13)12-4-3-10(5-6-15)9-11(12)14/h3-4,7-9H,2,5-6,15H2,1H3. The highest BCUT2D eigenvalue weighted by Gasteiger charge is 2.07. The number of halogens is 1. The van der Waals surface area contributed by atoms with Gasteiger partial charge in [0.25, 0.3) is 0 Å². The summed E-state index contributed by atoms with van der Waals surface area (Å²) in [4.78, 5) is 4.30. The van der Waals surface area contributed by atoms with Crippen LogP contribution >= 0.6 is 11.6 Å². The van der Waals surface area contributed by atoms with Crippen molar-refractivity contribution in [2.24, 2.45) is 5.73 Å². The van der Waals surface area contributed by atoms with Crippen molar-refractivity contribution in [3.05, 3.63) is 47.0 Å². The maximum Gasteiger partial charge on any atom is 0.112 e. The first kappa shape index (κ1) is 12.1. The first-order valence-corrected chi connectivity index (χ1v) is 6.15. The number of hydrogen-bond donors (Lipinski definition) is 1. The van der Waals surface area contributed by atoms with Crippen LogP contribution in [-0.4, -0.2) is 16.1 Å². The van der Waals surface area contributed by atoms with Crippen molar-refractivity contribution < 1.29 is 0 Å². The fourth-order valence-electron chi connectivity index (χ4n) is 1.88. The Morgan fingerprint density at radius 1 is 1.41 bits per heavy atom. The molecule has 0 saturated carbocycles. The highest BCUT2D eigenvalue weighted by Crippen LogP contribution is 2.23. The fraction of sp³-hybridized carbons (Fsp3) is 0.308. The second-order valence-corrected chi connectivity index (χ2v) is 4.30. The van der Waals surface area contributed by atoms with Crippen LogP contribution in [0.1, 0.15) is 18.3 Å². The summed E-state index contributed by atoms with van der Waals surface area (Å²) < 4.78 is 2.02. The molecule has 0 radical (unpaired) electrons. The highest BCUT2D eigenvalue weighted by molar-refractivity contribution is 6.32. The lowest BCUT2D eigenvalue weighted by Gasteiger charge is -2.10. The second-order valence-electron chi connectivity index (χ2n) is 3.89. The summed E-state index contributed by atoms with van der Waals surface area (Å²) in [6.45, 7) is 2.72. The zero-order valence-electron chi connectivity index (χ0n) is 9.86. The molecule has 0 saturated heterocycles. The summed E-state index contributed by atoms with van der Waals surface area (Å²) in [7, 11) is 0. The second kappa shape index (κ2) is 5.34. The molecule has 1 aromatic heterocycles. The fourth-order valence-corrected chi connectivity index (χ4v) is 2.18. The summed E-state index contributed by atoms with van der Waals surface area (Å²) in [5, 5.41) is 0.739. The number of aromatic nitrogens is 2. The normalized spacial score (nSPS) is 10.8. The molecule has 17 heavy (non-hydrogen) atoms. The molecule has 0 atom stereocenters. The zero-order valence-corrected chi connectivity index (χ0v) is 10.6. The van der Waals surface area contributed by atoms with Crippen molar-refractivity contribution in [1.82, 2.24) is 9.55 Å². The smallest absolute Gasteiger partial charge is 0.112 e. The molecule has 0 aliphatic heterocycles. The molecule has 1 heterocycles. The van der Waals surface area contributed by atoms with E-state index in [-0.39, 0.29) is 0 Å². The SMILES string of the molecule is CCc1nccn1-c1ccc(CCN)cc1Cl. The number of imidazole rings is 1. The van der Waals surface area contributed by atoms with E-state index < -0.39 is 0 Å². The van der Waals surface area contributed by atoms with E-state index in [1.807, 2.05) is 22.9 Å². The number of rotatable bonds is 4. The van der Waals surface area contributed by atoms with Gasteiger partial charge < -0.3 is 10.3 Å². The first-order valence-electron chi connectivity index (χ1n) is 5.77. The minimum absolute atomic E-state index is 0.640. The molecule has 0 amide bonds. The van der Waals surface area contributed by atoms with Crippen molar-refractivity contribution >= 4 is 11.6 Å². The van der Waals surface area contributed by atoms with Gasteiger partial charge >= 0.3 is 0 Å². The van der Waals surface area contributed by atoms with Crippen molar-refractivity contribution in [1.29, 1.82) is 0 Å². The number of nitrogens with zero attached hydrogens (tertiary/aromatic N) is 2. The van der Waals surface area contributed by atoms with Gasteiger partial charge in [-0.3, -0.25) is 0 Å². The van der Waals surface area contributed by atoms with E-state index >= 15 is 0 Å². The van der Waals surface area contributed by atoms with Crippen molar-refractivity contribution in [2.75, 3.05) is 6.54 Å². The van der Waals surface area contributed by atoms with E-state index in [4.69, 9.17) is 17.3 Å². The quantitative estimate of drug-likeness (QED) is 0.905. The van der Waals surface area contributed by atoms with Crippen LogP contribution in [0.2, 0.25) is 5.02 Å². The van der Waals surface area contributed by atoms with Gasteiger partial charge in [-0.1, -0.05) is 24.6 Å². The van der Waals surface area contributed by atoms with Crippen LogP contribution in [0.25, 0.3) is 5.69 Å². The molecule has 2 aromatic rings. The van der Waals surface area contributed by atoms with E-state index in [9.17, 15) is 0 Å².